The number of rotatable bonds is 4. The number of anilines is 2. The van der Waals surface area contributed by atoms with E-state index in [0.717, 1.165) is 26.6 Å². The fourth-order valence-electron chi connectivity index (χ4n) is 2.49. The molecule has 130 valence electrons. The molecule has 2 aromatic carbocycles. The van der Waals surface area contributed by atoms with Gasteiger partial charge in [-0.25, -0.2) is 9.97 Å². The lowest BCUT2D eigenvalue weighted by molar-refractivity contribution is 0.102. The first kappa shape index (κ1) is 16.7. The number of fused-ring (bicyclic) bond motifs is 1. The van der Waals surface area contributed by atoms with Crippen molar-refractivity contribution in [1.29, 1.82) is 0 Å². The van der Waals surface area contributed by atoms with E-state index in [1.165, 1.54) is 11.3 Å². The van der Waals surface area contributed by atoms with Crippen molar-refractivity contribution >= 4 is 49.6 Å². The second kappa shape index (κ2) is 6.86. The first-order valence-electron chi connectivity index (χ1n) is 8.00. The molecule has 0 radical (unpaired) electrons. The summed E-state index contributed by atoms with van der Waals surface area (Å²) in [5.41, 5.74) is 3.41. The standard InChI is InChI=1S/C19H16N4OS2/c1-23(2)13-9-7-12(8-10-13)17(24)22-19-21-15(11-25-19)18-20-14-5-3-4-6-16(14)26-18/h3-11H,1-2H3,(H,21,22,24). The number of thiazole rings is 2. The summed E-state index contributed by atoms with van der Waals surface area (Å²) >= 11 is 3.00. The Labute approximate surface area is 159 Å². The molecule has 0 fully saturated rings. The van der Waals surface area contributed by atoms with Gasteiger partial charge in [-0.15, -0.1) is 22.7 Å². The number of benzene rings is 2. The second-order valence-corrected chi connectivity index (χ2v) is 7.81. The molecule has 0 aliphatic heterocycles. The average Bonchev–Trinajstić information content (AvgIpc) is 3.28. The number of carbonyl (C=O) groups is 1. The molecule has 2 heterocycles. The number of amides is 1. The highest BCUT2D eigenvalue weighted by atomic mass is 32.1. The Morgan fingerprint density at radius 1 is 1.04 bits per heavy atom. The molecule has 0 saturated carbocycles. The van der Waals surface area contributed by atoms with E-state index in [2.05, 4.69) is 15.3 Å². The highest BCUT2D eigenvalue weighted by Crippen LogP contribution is 2.32. The summed E-state index contributed by atoms with van der Waals surface area (Å²) in [6, 6.07) is 15.5. The van der Waals surface area contributed by atoms with Crippen molar-refractivity contribution in [2.75, 3.05) is 24.3 Å². The summed E-state index contributed by atoms with van der Waals surface area (Å²) < 4.78 is 1.13. The molecule has 4 aromatic rings. The minimum absolute atomic E-state index is 0.166. The number of hydrogen-bond donors (Lipinski definition) is 1. The maximum Gasteiger partial charge on any atom is 0.257 e. The van der Waals surface area contributed by atoms with Gasteiger partial charge >= 0.3 is 0 Å². The van der Waals surface area contributed by atoms with Gasteiger partial charge in [0, 0.05) is 30.7 Å². The van der Waals surface area contributed by atoms with Crippen LogP contribution >= 0.6 is 22.7 Å². The smallest absolute Gasteiger partial charge is 0.257 e. The van der Waals surface area contributed by atoms with Gasteiger partial charge in [0.2, 0.25) is 0 Å². The molecule has 0 saturated heterocycles. The molecule has 7 heteroatoms. The van der Waals surface area contributed by atoms with Crippen LogP contribution in [0.2, 0.25) is 0 Å². The van der Waals surface area contributed by atoms with Gasteiger partial charge in [0.15, 0.2) is 5.13 Å². The number of nitrogens with one attached hydrogen (secondary N) is 1. The molecule has 26 heavy (non-hydrogen) atoms. The first-order chi connectivity index (χ1) is 12.6. The Morgan fingerprint density at radius 3 is 2.54 bits per heavy atom. The summed E-state index contributed by atoms with van der Waals surface area (Å²) in [7, 11) is 3.93. The van der Waals surface area contributed by atoms with Crippen molar-refractivity contribution in [1.82, 2.24) is 9.97 Å². The number of hydrogen-bond acceptors (Lipinski definition) is 6. The van der Waals surface area contributed by atoms with E-state index in [9.17, 15) is 4.79 Å². The van der Waals surface area contributed by atoms with Crippen LogP contribution in [0.1, 0.15) is 10.4 Å². The lowest BCUT2D eigenvalue weighted by Gasteiger charge is -2.12. The molecule has 0 unspecified atom stereocenters. The summed E-state index contributed by atoms with van der Waals surface area (Å²) in [5, 5.41) is 6.21. The monoisotopic (exact) mass is 380 g/mol. The third kappa shape index (κ3) is 3.31. The van der Waals surface area contributed by atoms with Crippen molar-refractivity contribution in [3.63, 3.8) is 0 Å². The van der Waals surface area contributed by atoms with Crippen LogP contribution in [0.25, 0.3) is 20.9 Å². The second-order valence-electron chi connectivity index (χ2n) is 5.92. The maximum atomic E-state index is 12.4. The Morgan fingerprint density at radius 2 is 1.81 bits per heavy atom. The Balaban J connectivity index is 1.51. The van der Waals surface area contributed by atoms with Crippen LogP contribution in [0.3, 0.4) is 0 Å². The van der Waals surface area contributed by atoms with E-state index in [0.29, 0.717) is 10.7 Å². The highest BCUT2D eigenvalue weighted by Gasteiger charge is 2.13. The van der Waals surface area contributed by atoms with Crippen LogP contribution < -0.4 is 10.2 Å². The van der Waals surface area contributed by atoms with Crippen LogP contribution in [-0.2, 0) is 0 Å². The number of nitrogens with zero attached hydrogens (tertiary/aromatic N) is 3. The molecule has 5 nitrogen and oxygen atoms in total. The molecule has 0 aliphatic rings. The largest absolute Gasteiger partial charge is 0.378 e. The van der Waals surface area contributed by atoms with E-state index in [4.69, 9.17) is 0 Å². The molecule has 0 spiro atoms. The molecule has 1 amide bonds. The number of para-hydroxylation sites is 1. The normalized spacial score (nSPS) is 10.8. The lowest BCUT2D eigenvalue weighted by atomic mass is 10.2. The van der Waals surface area contributed by atoms with Crippen LogP contribution in [-0.4, -0.2) is 30.0 Å². The highest BCUT2D eigenvalue weighted by molar-refractivity contribution is 7.22. The van der Waals surface area contributed by atoms with Crippen LogP contribution in [0.5, 0.6) is 0 Å². The molecular formula is C19H16N4OS2. The topological polar surface area (TPSA) is 58.1 Å². The quantitative estimate of drug-likeness (QED) is 0.556. The molecule has 0 aliphatic carbocycles. The SMILES string of the molecule is CN(C)c1ccc(C(=O)Nc2nc(-c3nc4ccccc4s3)cs2)cc1. The van der Waals surface area contributed by atoms with Crippen molar-refractivity contribution in [3.05, 3.63) is 59.5 Å². The van der Waals surface area contributed by atoms with Crippen molar-refractivity contribution in [3.8, 4) is 10.7 Å². The van der Waals surface area contributed by atoms with Gasteiger partial charge in [-0.2, -0.15) is 0 Å². The predicted molar refractivity (Wildman–Crippen MR) is 109 cm³/mol. The van der Waals surface area contributed by atoms with Crippen molar-refractivity contribution < 1.29 is 4.79 Å². The van der Waals surface area contributed by atoms with Gasteiger partial charge in [-0.1, -0.05) is 12.1 Å². The van der Waals surface area contributed by atoms with E-state index in [-0.39, 0.29) is 5.91 Å². The van der Waals surface area contributed by atoms with Crippen molar-refractivity contribution in [2.24, 2.45) is 0 Å². The van der Waals surface area contributed by atoms with Gasteiger partial charge in [0.1, 0.15) is 10.7 Å². The fraction of sp³-hybridized carbons (Fsp3) is 0.105. The summed E-state index contributed by atoms with van der Waals surface area (Å²) in [5.74, 6) is -0.166. The van der Waals surface area contributed by atoms with Gasteiger partial charge in [0.25, 0.3) is 5.91 Å². The number of carbonyl (C=O) groups excluding carboxylic acids is 1. The van der Waals surface area contributed by atoms with Crippen LogP contribution in [0.4, 0.5) is 10.8 Å². The average molecular weight is 380 g/mol. The number of aromatic nitrogens is 2. The van der Waals surface area contributed by atoms with Crippen LogP contribution in [0, 0.1) is 0 Å². The first-order valence-corrected chi connectivity index (χ1v) is 9.70. The van der Waals surface area contributed by atoms with E-state index >= 15 is 0 Å². The molecule has 2 aromatic heterocycles. The van der Waals surface area contributed by atoms with E-state index in [1.54, 1.807) is 11.3 Å². The Kier molecular flexibility index (Phi) is 4.40. The Bertz CT molecular complexity index is 1030. The third-order valence-corrected chi connectivity index (χ3v) is 5.70. The molecular weight excluding hydrogens is 364 g/mol. The van der Waals surface area contributed by atoms with E-state index in [1.807, 2.05) is 72.9 Å². The predicted octanol–water partition coefficient (Wildman–Crippen LogP) is 4.74. The minimum atomic E-state index is -0.166. The van der Waals surface area contributed by atoms with Gasteiger partial charge < -0.3 is 4.90 Å². The fourth-order valence-corrected chi connectivity index (χ4v) is 4.18. The van der Waals surface area contributed by atoms with Crippen molar-refractivity contribution in [2.45, 2.75) is 0 Å². The third-order valence-electron chi connectivity index (χ3n) is 3.88. The lowest BCUT2D eigenvalue weighted by Crippen LogP contribution is -2.13. The van der Waals surface area contributed by atoms with Gasteiger partial charge in [-0.05, 0) is 36.4 Å². The van der Waals surface area contributed by atoms with E-state index < -0.39 is 0 Å². The molecule has 4 rings (SSSR count). The Hall–Kier alpha value is -2.77. The van der Waals surface area contributed by atoms with Crippen LogP contribution in [0.15, 0.2) is 53.9 Å². The van der Waals surface area contributed by atoms with Gasteiger partial charge in [-0.3, -0.25) is 10.1 Å². The summed E-state index contributed by atoms with van der Waals surface area (Å²) in [6.45, 7) is 0. The zero-order valence-electron chi connectivity index (χ0n) is 14.3. The maximum absolute atomic E-state index is 12.4. The summed E-state index contributed by atoms with van der Waals surface area (Å²) in [4.78, 5) is 23.5. The molecule has 1 N–H and O–H groups in total. The zero-order valence-corrected chi connectivity index (χ0v) is 15.9. The molecule has 0 bridgehead atoms. The minimum Gasteiger partial charge on any atom is -0.378 e. The summed E-state index contributed by atoms with van der Waals surface area (Å²) in [6.07, 6.45) is 0. The molecule has 0 atom stereocenters. The van der Waals surface area contributed by atoms with Gasteiger partial charge in [0.05, 0.1) is 10.2 Å². The zero-order chi connectivity index (χ0) is 18.1.